The summed E-state index contributed by atoms with van der Waals surface area (Å²) in [5.41, 5.74) is 1.25. The second kappa shape index (κ2) is 6.79. The van der Waals surface area contributed by atoms with Gasteiger partial charge in [0.1, 0.15) is 5.75 Å². The van der Waals surface area contributed by atoms with Crippen LogP contribution in [0.3, 0.4) is 0 Å². The Morgan fingerprint density at radius 3 is 2.56 bits per heavy atom. The summed E-state index contributed by atoms with van der Waals surface area (Å²) in [6.07, 6.45) is 6.55. The molecule has 0 heterocycles. The summed E-state index contributed by atoms with van der Waals surface area (Å²) in [6.45, 7) is 2.96. The monoisotopic (exact) mass is 248 g/mol. The molecule has 1 aliphatic rings. The Morgan fingerprint density at radius 1 is 1.17 bits per heavy atom. The van der Waals surface area contributed by atoms with E-state index in [4.69, 9.17) is 4.74 Å². The van der Waals surface area contributed by atoms with Crippen molar-refractivity contribution in [3.63, 3.8) is 0 Å². The standard InChI is InChI=1S/C16H24O2/c1-2-3-12-18-14-10-8-13(9-11-14)15-6-4-5-7-16(15)17/h8-11,15-17H,2-7,12H2,1H3/t15-,16+/m0/s1. The van der Waals surface area contributed by atoms with E-state index < -0.39 is 0 Å². The van der Waals surface area contributed by atoms with E-state index in [9.17, 15) is 5.11 Å². The van der Waals surface area contributed by atoms with Crippen LogP contribution in [0, 0.1) is 0 Å². The lowest BCUT2D eigenvalue weighted by Crippen LogP contribution is -2.22. The summed E-state index contributed by atoms with van der Waals surface area (Å²) in [4.78, 5) is 0. The molecule has 0 radical (unpaired) electrons. The summed E-state index contributed by atoms with van der Waals surface area (Å²) in [5, 5.41) is 10.0. The third-order valence-electron chi connectivity index (χ3n) is 3.80. The van der Waals surface area contributed by atoms with Gasteiger partial charge >= 0.3 is 0 Å². The highest BCUT2D eigenvalue weighted by Gasteiger charge is 2.24. The molecule has 0 bridgehead atoms. The first-order chi connectivity index (χ1) is 8.81. The van der Waals surface area contributed by atoms with Crippen LogP contribution in [-0.4, -0.2) is 17.8 Å². The van der Waals surface area contributed by atoms with Gasteiger partial charge in [0.2, 0.25) is 0 Å². The summed E-state index contributed by atoms with van der Waals surface area (Å²) >= 11 is 0. The summed E-state index contributed by atoms with van der Waals surface area (Å²) < 4.78 is 5.65. The molecule has 100 valence electrons. The van der Waals surface area contributed by atoms with E-state index in [0.717, 1.165) is 44.5 Å². The van der Waals surface area contributed by atoms with E-state index in [1.54, 1.807) is 0 Å². The smallest absolute Gasteiger partial charge is 0.119 e. The van der Waals surface area contributed by atoms with Crippen LogP contribution in [-0.2, 0) is 0 Å². The second-order valence-electron chi connectivity index (χ2n) is 5.23. The molecule has 2 atom stereocenters. The predicted octanol–water partition coefficient (Wildman–Crippen LogP) is 3.88. The van der Waals surface area contributed by atoms with E-state index >= 15 is 0 Å². The molecule has 18 heavy (non-hydrogen) atoms. The Hall–Kier alpha value is -1.02. The van der Waals surface area contributed by atoms with Crippen molar-refractivity contribution in [1.29, 1.82) is 0 Å². The Morgan fingerprint density at radius 2 is 1.89 bits per heavy atom. The molecule has 2 nitrogen and oxygen atoms in total. The van der Waals surface area contributed by atoms with Crippen molar-refractivity contribution < 1.29 is 9.84 Å². The highest BCUT2D eigenvalue weighted by atomic mass is 16.5. The molecule has 1 fully saturated rings. The molecule has 0 amide bonds. The van der Waals surface area contributed by atoms with Gasteiger partial charge in [-0.05, 0) is 37.0 Å². The van der Waals surface area contributed by atoms with E-state index in [2.05, 4.69) is 19.1 Å². The van der Waals surface area contributed by atoms with Crippen molar-refractivity contribution >= 4 is 0 Å². The lowest BCUT2D eigenvalue weighted by molar-refractivity contribution is 0.106. The Labute approximate surface area is 110 Å². The fourth-order valence-electron chi connectivity index (χ4n) is 2.65. The molecular formula is C16H24O2. The number of aliphatic hydroxyl groups is 1. The van der Waals surface area contributed by atoms with Gasteiger partial charge in [-0.2, -0.15) is 0 Å². The molecule has 1 aromatic rings. The van der Waals surface area contributed by atoms with Crippen molar-refractivity contribution in [2.75, 3.05) is 6.61 Å². The van der Waals surface area contributed by atoms with E-state index in [0.29, 0.717) is 5.92 Å². The molecule has 0 unspecified atom stereocenters. The van der Waals surface area contributed by atoms with Crippen molar-refractivity contribution in [2.24, 2.45) is 0 Å². The zero-order valence-electron chi connectivity index (χ0n) is 11.3. The third kappa shape index (κ3) is 3.49. The number of ether oxygens (including phenoxy) is 1. The average molecular weight is 248 g/mol. The molecule has 0 aromatic heterocycles. The van der Waals surface area contributed by atoms with Crippen LogP contribution in [0.4, 0.5) is 0 Å². The molecule has 2 rings (SSSR count). The van der Waals surface area contributed by atoms with Crippen molar-refractivity contribution in [2.45, 2.75) is 57.5 Å². The average Bonchev–Trinajstić information content (AvgIpc) is 2.41. The highest BCUT2D eigenvalue weighted by molar-refractivity contribution is 5.30. The Bertz CT molecular complexity index is 345. The van der Waals surface area contributed by atoms with Gasteiger partial charge < -0.3 is 9.84 Å². The third-order valence-corrected chi connectivity index (χ3v) is 3.80. The lowest BCUT2D eigenvalue weighted by Gasteiger charge is -2.28. The number of aliphatic hydroxyl groups excluding tert-OH is 1. The summed E-state index contributed by atoms with van der Waals surface area (Å²) in [5.74, 6) is 1.26. The van der Waals surface area contributed by atoms with Crippen LogP contribution in [0.1, 0.15) is 56.9 Å². The minimum absolute atomic E-state index is 0.161. The predicted molar refractivity (Wildman–Crippen MR) is 74.1 cm³/mol. The first-order valence-corrected chi connectivity index (χ1v) is 7.22. The van der Waals surface area contributed by atoms with Gasteiger partial charge in [-0.15, -0.1) is 0 Å². The molecule has 2 heteroatoms. The summed E-state index contributed by atoms with van der Waals surface area (Å²) in [7, 11) is 0. The fraction of sp³-hybridized carbons (Fsp3) is 0.625. The Balaban J connectivity index is 1.94. The maximum atomic E-state index is 10.0. The van der Waals surface area contributed by atoms with Gasteiger partial charge in [-0.1, -0.05) is 38.3 Å². The van der Waals surface area contributed by atoms with Gasteiger partial charge in [-0.25, -0.2) is 0 Å². The molecule has 0 spiro atoms. The maximum Gasteiger partial charge on any atom is 0.119 e. The zero-order chi connectivity index (χ0) is 12.8. The van der Waals surface area contributed by atoms with Gasteiger partial charge in [0, 0.05) is 5.92 Å². The van der Waals surface area contributed by atoms with Gasteiger partial charge in [-0.3, -0.25) is 0 Å². The SMILES string of the molecule is CCCCOc1ccc([C@@H]2CCCC[C@H]2O)cc1. The van der Waals surface area contributed by atoms with Gasteiger partial charge in [0.05, 0.1) is 12.7 Å². The lowest BCUT2D eigenvalue weighted by atomic mass is 9.82. The fourth-order valence-corrected chi connectivity index (χ4v) is 2.65. The second-order valence-corrected chi connectivity index (χ2v) is 5.23. The number of unbranched alkanes of at least 4 members (excludes halogenated alkanes) is 1. The van der Waals surface area contributed by atoms with Crippen LogP contribution in [0.2, 0.25) is 0 Å². The van der Waals surface area contributed by atoms with Crippen LogP contribution >= 0.6 is 0 Å². The molecule has 1 aromatic carbocycles. The minimum atomic E-state index is -0.161. The van der Waals surface area contributed by atoms with Crippen LogP contribution in [0.5, 0.6) is 5.75 Å². The molecule has 1 aliphatic carbocycles. The van der Waals surface area contributed by atoms with Crippen LogP contribution in [0.25, 0.3) is 0 Å². The van der Waals surface area contributed by atoms with Crippen molar-refractivity contribution in [1.82, 2.24) is 0 Å². The quantitative estimate of drug-likeness (QED) is 0.801. The largest absolute Gasteiger partial charge is 0.494 e. The van der Waals surface area contributed by atoms with Crippen molar-refractivity contribution in [3.05, 3.63) is 29.8 Å². The van der Waals surface area contributed by atoms with E-state index in [1.165, 1.54) is 12.0 Å². The molecule has 0 aliphatic heterocycles. The van der Waals surface area contributed by atoms with Crippen LogP contribution in [0.15, 0.2) is 24.3 Å². The normalized spacial score (nSPS) is 23.9. The summed E-state index contributed by atoms with van der Waals surface area (Å²) in [6, 6.07) is 8.29. The maximum absolute atomic E-state index is 10.0. The first-order valence-electron chi connectivity index (χ1n) is 7.22. The minimum Gasteiger partial charge on any atom is -0.494 e. The van der Waals surface area contributed by atoms with Crippen LogP contribution < -0.4 is 4.74 Å². The number of rotatable bonds is 5. The van der Waals surface area contributed by atoms with E-state index in [1.807, 2.05) is 12.1 Å². The highest BCUT2D eigenvalue weighted by Crippen LogP contribution is 2.33. The Kier molecular flexibility index (Phi) is 5.06. The number of benzene rings is 1. The first kappa shape index (κ1) is 13.4. The number of hydrogen-bond acceptors (Lipinski definition) is 2. The van der Waals surface area contributed by atoms with Gasteiger partial charge in [0.15, 0.2) is 0 Å². The molecule has 1 N–H and O–H groups in total. The molecule has 0 saturated heterocycles. The topological polar surface area (TPSA) is 29.5 Å². The van der Waals surface area contributed by atoms with Crippen molar-refractivity contribution in [3.8, 4) is 5.75 Å². The van der Waals surface area contributed by atoms with E-state index in [-0.39, 0.29) is 6.10 Å². The number of hydrogen-bond donors (Lipinski definition) is 1. The molecular weight excluding hydrogens is 224 g/mol. The zero-order valence-corrected chi connectivity index (χ0v) is 11.3. The molecule has 1 saturated carbocycles. The van der Waals surface area contributed by atoms with Gasteiger partial charge in [0.25, 0.3) is 0 Å².